The molecule has 1 saturated carbocycles. The van der Waals surface area contributed by atoms with Gasteiger partial charge in [0, 0.05) is 19.1 Å². The Morgan fingerprint density at radius 1 is 1.22 bits per heavy atom. The van der Waals surface area contributed by atoms with Crippen molar-refractivity contribution >= 4 is 28.9 Å². The lowest BCUT2D eigenvalue weighted by Gasteiger charge is -2.20. The molecule has 0 aromatic heterocycles. The van der Waals surface area contributed by atoms with Crippen molar-refractivity contribution in [2.75, 3.05) is 24.5 Å². The Hall–Kier alpha value is -0.440. The molecule has 0 bridgehead atoms. The van der Waals surface area contributed by atoms with Crippen LogP contribution in [0.3, 0.4) is 0 Å². The summed E-state index contributed by atoms with van der Waals surface area (Å²) in [7, 11) is 0. The summed E-state index contributed by atoms with van der Waals surface area (Å²) in [5.74, 6) is 0.737. The fraction of sp³-hybridized carbons (Fsp3) is 0.571. The number of hydrogen-bond acceptors (Lipinski definition) is 2. The highest BCUT2D eigenvalue weighted by molar-refractivity contribution is 6.43. The molecule has 3 rings (SSSR count). The molecule has 1 heterocycles. The van der Waals surface area contributed by atoms with E-state index in [4.69, 9.17) is 23.2 Å². The van der Waals surface area contributed by atoms with Crippen molar-refractivity contribution in [2.45, 2.75) is 25.3 Å². The molecule has 18 heavy (non-hydrogen) atoms. The molecule has 2 fully saturated rings. The average molecular weight is 285 g/mol. The minimum atomic E-state index is 0.647. The number of anilines is 1. The third-order valence-electron chi connectivity index (χ3n) is 3.83. The van der Waals surface area contributed by atoms with Crippen molar-refractivity contribution in [1.82, 2.24) is 5.32 Å². The highest BCUT2D eigenvalue weighted by Gasteiger charge is 2.27. The Morgan fingerprint density at radius 3 is 2.83 bits per heavy atom. The molecule has 0 spiro atoms. The van der Waals surface area contributed by atoms with Gasteiger partial charge in [-0.1, -0.05) is 29.3 Å². The molecule has 0 radical (unpaired) electrons. The Balaban J connectivity index is 1.61. The number of hydrogen-bond donors (Lipinski definition) is 1. The molecule has 1 aliphatic heterocycles. The van der Waals surface area contributed by atoms with Gasteiger partial charge in [0.1, 0.15) is 0 Å². The normalized spacial score (nSPS) is 23.7. The second kappa shape index (κ2) is 5.28. The van der Waals surface area contributed by atoms with Gasteiger partial charge in [0.2, 0.25) is 0 Å². The molecule has 1 aromatic rings. The van der Waals surface area contributed by atoms with Crippen LogP contribution in [-0.2, 0) is 0 Å². The first-order chi connectivity index (χ1) is 8.74. The lowest BCUT2D eigenvalue weighted by molar-refractivity contribution is 0.515. The molecular formula is C14H18Cl2N2. The Bertz CT molecular complexity index is 432. The van der Waals surface area contributed by atoms with Crippen LogP contribution in [0.5, 0.6) is 0 Å². The molecule has 2 aliphatic rings. The van der Waals surface area contributed by atoms with Crippen molar-refractivity contribution in [3.63, 3.8) is 0 Å². The summed E-state index contributed by atoms with van der Waals surface area (Å²) < 4.78 is 0. The number of nitrogens with zero attached hydrogens (tertiary/aromatic N) is 1. The first-order valence-corrected chi connectivity index (χ1v) is 7.42. The van der Waals surface area contributed by atoms with Crippen molar-refractivity contribution in [3.8, 4) is 0 Å². The van der Waals surface area contributed by atoms with E-state index in [0.717, 1.165) is 37.3 Å². The number of nitrogens with one attached hydrogen (secondary N) is 1. The standard InChI is InChI=1S/C14H18Cl2N2/c15-12-2-1-3-13(14(12)16)18-7-6-10(9-18)8-17-11-4-5-11/h1-3,10-11,17H,4-9H2. The van der Waals surface area contributed by atoms with E-state index in [-0.39, 0.29) is 0 Å². The van der Waals surface area contributed by atoms with Crippen LogP contribution in [0.4, 0.5) is 5.69 Å². The molecular weight excluding hydrogens is 267 g/mol. The monoisotopic (exact) mass is 284 g/mol. The van der Waals surface area contributed by atoms with Gasteiger partial charge < -0.3 is 10.2 Å². The van der Waals surface area contributed by atoms with Gasteiger partial charge in [-0.3, -0.25) is 0 Å². The smallest absolute Gasteiger partial charge is 0.0825 e. The quantitative estimate of drug-likeness (QED) is 0.909. The zero-order valence-corrected chi connectivity index (χ0v) is 11.8. The summed E-state index contributed by atoms with van der Waals surface area (Å²) in [6, 6.07) is 6.67. The molecule has 1 N–H and O–H groups in total. The Kier molecular flexibility index (Phi) is 3.69. The topological polar surface area (TPSA) is 15.3 Å². The lowest BCUT2D eigenvalue weighted by atomic mass is 10.1. The van der Waals surface area contributed by atoms with Gasteiger partial charge in [-0.15, -0.1) is 0 Å². The zero-order chi connectivity index (χ0) is 12.5. The van der Waals surface area contributed by atoms with Crippen LogP contribution in [0.2, 0.25) is 10.0 Å². The van der Waals surface area contributed by atoms with Crippen LogP contribution in [-0.4, -0.2) is 25.7 Å². The van der Waals surface area contributed by atoms with Gasteiger partial charge in [0.05, 0.1) is 15.7 Å². The Morgan fingerprint density at radius 2 is 2.06 bits per heavy atom. The number of benzene rings is 1. The largest absolute Gasteiger partial charge is 0.370 e. The molecule has 1 saturated heterocycles. The maximum Gasteiger partial charge on any atom is 0.0825 e. The van der Waals surface area contributed by atoms with Gasteiger partial charge in [-0.05, 0) is 43.9 Å². The maximum atomic E-state index is 6.27. The van der Waals surface area contributed by atoms with Gasteiger partial charge in [0.25, 0.3) is 0 Å². The first kappa shape index (κ1) is 12.6. The number of halogens is 2. The van der Waals surface area contributed by atoms with Gasteiger partial charge in [-0.25, -0.2) is 0 Å². The summed E-state index contributed by atoms with van der Waals surface area (Å²) in [4.78, 5) is 2.35. The van der Waals surface area contributed by atoms with E-state index in [2.05, 4.69) is 16.3 Å². The molecule has 1 aliphatic carbocycles. The summed E-state index contributed by atoms with van der Waals surface area (Å²) in [6.07, 6.45) is 3.95. The molecule has 1 atom stereocenters. The van der Waals surface area contributed by atoms with Crippen LogP contribution in [0.25, 0.3) is 0 Å². The van der Waals surface area contributed by atoms with E-state index < -0.39 is 0 Å². The molecule has 98 valence electrons. The van der Waals surface area contributed by atoms with Crippen LogP contribution >= 0.6 is 23.2 Å². The fourth-order valence-corrected chi connectivity index (χ4v) is 2.99. The predicted octanol–water partition coefficient (Wildman–Crippen LogP) is 3.57. The summed E-state index contributed by atoms with van der Waals surface area (Å²) in [5.41, 5.74) is 1.08. The summed E-state index contributed by atoms with van der Waals surface area (Å²) in [6.45, 7) is 3.30. The average Bonchev–Trinajstić information content (AvgIpc) is 3.08. The fourth-order valence-electron chi connectivity index (χ4n) is 2.58. The second-order valence-corrected chi connectivity index (χ2v) is 6.14. The van der Waals surface area contributed by atoms with Crippen LogP contribution in [0.15, 0.2) is 18.2 Å². The van der Waals surface area contributed by atoms with Gasteiger partial charge in [0.15, 0.2) is 0 Å². The maximum absolute atomic E-state index is 6.27. The SMILES string of the molecule is Clc1cccc(N2CCC(CNC3CC3)C2)c1Cl. The van der Waals surface area contributed by atoms with Gasteiger partial charge in [-0.2, -0.15) is 0 Å². The van der Waals surface area contributed by atoms with E-state index in [0.29, 0.717) is 10.0 Å². The molecule has 1 unspecified atom stereocenters. The Labute approximate surface area is 118 Å². The van der Waals surface area contributed by atoms with E-state index in [1.165, 1.54) is 19.3 Å². The molecule has 4 heteroatoms. The van der Waals surface area contributed by atoms with Crippen molar-refractivity contribution in [3.05, 3.63) is 28.2 Å². The molecule has 0 amide bonds. The van der Waals surface area contributed by atoms with Crippen LogP contribution < -0.4 is 10.2 Å². The van der Waals surface area contributed by atoms with Crippen LogP contribution in [0, 0.1) is 5.92 Å². The third kappa shape index (κ3) is 2.76. The predicted molar refractivity (Wildman–Crippen MR) is 77.8 cm³/mol. The van der Waals surface area contributed by atoms with Crippen molar-refractivity contribution in [1.29, 1.82) is 0 Å². The first-order valence-electron chi connectivity index (χ1n) is 6.66. The zero-order valence-electron chi connectivity index (χ0n) is 10.3. The van der Waals surface area contributed by atoms with Gasteiger partial charge >= 0.3 is 0 Å². The van der Waals surface area contributed by atoms with E-state index >= 15 is 0 Å². The van der Waals surface area contributed by atoms with Crippen LogP contribution in [0.1, 0.15) is 19.3 Å². The molecule has 2 nitrogen and oxygen atoms in total. The van der Waals surface area contributed by atoms with E-state index in [1.54, 1.807) is 0 Å². The van der Waals surface area contributed by atoms with E-state index in [1.807, 2.05) is 12.1 Å². The second-order valence-electron chi connectivity index (χ2n) is 5.36. The summed E-state index contributed by atoms with van der Waals surface area (Å²) in [5, 5.41) is 4.95. The minimum absolute atomic E-state index is 0.647. The van der Waals surface area contributed by atoms with Crippen molar-refractivity contribution in [2.24, 2.45) is 5.92 Å². The highest BCUT2D eigenvalue weighted by Crippen LogP contribution is 2.35. The number of rotatable bonds is 4. The van der Waals surface area contributed by atoms with E-state index in [9.17, 15) is 0 Å². The van der Waals surface area contributed by atoms with Crippen molar-refractivity contribution < 1.29 is 0 Å². The highest BCUT2D eigenvalue weighted by atomic mass is 35.5. The minimum Gasteiger partial charge on any atom is -0.370 e. The molecule has 1 aromatic carbocycles. The summed E-state index contributed by atoms with van der Waals surface area (Å²) >= 11 is 12.3. The third-order valence-corrected chi connectivity index (χ3v) is 4.64. The lowest BCUT2D eigenvalue weighted by Crippen LogP contribution is -2.27.